The molecule has 5 nitrogen and oxygen atoms in total. The second-order valence-electron chi connectivity index (χ2n) is 8.34. The number of carbonyl (C=O) groups is 1. The molecular formula is C23H26ClN3O2Pr. The molecule has 1 amide bonds. The molecule has 0 aliphatic heterocycles. The van der Waals surface area contributed by atoms with E-state index < -0.39 is 0 Å². The monoisotopic (exact) mass is 552 g/mol. The first kappa shape index (κ1) is 24.8. The minimum atomic E-state index is -0.219. The smallest absolute Gasteiger partial charge is 0.251 e. The van der Waals surface area contributed by atoms with Gasteiger partial charge < -0.3 is 15.4 Å². The molecule has 3 rings (SSSR count). The maximum Gasteiger partial charge on any atom is 0.251 e. The molecule has 0 aliphatic carbocycles. The predicted molar refractivity (Wildman–Crippen MR) is 116 cm³/mol. The van der Waals surface area contributed by atoms with Crippen molar-refractivity contribution in [3.05, 3.63) is 70.6 Å². The number of phenols is 1. The molecule has 30 heavy (non-hydrogen) atoms. The maximum absolute atomic E-state index is 12.4. The first-order valence-corrected chi connectivity index (χ1v) is 9.95. The number of nitrogens with one attached hydrogen (secondary N) is 2. The van der Waals surface area contributed by atoms with Gasteiger partial charge in [-0.1, -0.05) is 56.6 Å². The number of aromatic amines is 1. The number of hydrogen-bond donors (Lipinski definition) is 3. The molecule has 1 radical (unpaired) electrons. The number of phenolic OH excluding ortho intramolecular Hbond substituents is 1. The molecule has 3 aromatic rings. The van der Waals surface area contributed by atoms with Crippen LogP contribution in [-0.2, 0) is 11.8 Å². The van der Waals surface area contributed by atoms with Crippen LogP contribution in [0, 0.1) is 41.3 Å². The van der Waals surface area contributed by atoms with Crippen LogP contribution in [0.15, 0.2) is 48.7 Å². The summed E-state index contributed by atoms with van der Waals surface area (Å²) >= 11 is 5.88. The van der Waals surface area contributed by atoms with E-state index in [1.807, 2.05) is 13.1 Å². The Bertz CT molecular complexity index is 1010. The van der Waals surface area contributed by atoms with E-state index in [0.717, 1.165) is 22.6 Å². The Hall–Kier alpha value is -1.43. The molecule has 1 atom stereocenters. The number of carbonyl (C=O) groups excluding carboxylic acids is 1. The van der Waals surface area contributed by atoms with E-state index in [9.17, 15) is 9.90 Å². The third-order valence-electron chi connectivity index (χ3n) is 4.68. The summed E-state index contributed by atoms with van der Waals surface area (Å²) in [5, 5.41) is 12.6. The Kier molecular flexibility index (Phi) is 8.49. The zero-order valence-corrected chi connectivity index (χ0v) is 22.1. The maximum atomic E-state index is 12.4. The van der Waals surface area contributed by atoms with Crippen molar-refractivity contribution in [2.24, 2.45) is 0 Å². The van der Waals surface area contributed by atoms with Crippen LogP contribution in [-0.4, -0.2) is 27.0 Å². The van der Waals surface area contributed by atoms with E-state index in [-0.39, 0.29) is 69.4 Å². The van der Waals surface area contributed by atoms with Crippen molar-refractivity contribution in [3.63, 3.8) is 0 Å². The fourth-order valence-corrected chi connectivity index (χ4v) is 3.21. The van der Waals surface area contributed by atoms with E-state index in [0.29, 0.717) is 12.0 Å². The van der Waals surface area contributed by atoms with Crippen LogP contribution in [0.3, 0.4) is 0 Å². The van der Waals surface area contributed by atoms with Gasteiger partial charge in [0.1, 0.15) is 11.6 Å². The molecule has 7 heteroatoms. The number of rotatable bonds is 5. The summed E-state index contributed by atoms with van der Waals surface area (Å²) in [7, 11) is 0. The van der Waals surface area contributed by atoms with Crippen molar-refractivity contribution in [1.82, 2.24) is 15.3 Å². The minimum absolute atomic E-state index is 0. The molecule has 1 heterocycles. The Morgan fingerprint density at radius 3 is 2.43 bits per heavy atom. The van der Waals surface area contributed by atoms with E-state index in [1.54, 1.807) is 6.07 Å². The summed E-state index contributed by atoms with van der Waals surface area (Å²) in [6.07, 6.45) is 2.56. The number of imidazole rings is 1. The van der Waals surface area contributed by atoms with Gasteiger partial charge in [0.25, 0.3) is 5.91 Å². The second kappa shape index (κ2) is 10.3. The van der Waals surface area contributed by atoms with Crippen LogP contribution in [0.1, 0.15) is 49.4 Å². The third kappa shape index (κ3) is 6.29. The van der Waals surface area contributed by atoms with E-state index in [1.165, 1.54) is 12.1 Å². The number of halogens is 1. The van der Waals surface area contributed by atoms with Crippen molar-refractivity contribution >= 4 is 17.5 Å². The normalized spacial score (nSPS) is 12.2. The Morgan fingerprint density at radius 1 is 1.20 bits per heavy atom. The topological polar surface area (TPSA) is 78.0 Å². The molecule has 0 unspecified atom stereocenters. The van der Waals surface area contributed by atoms with Gasteiger partial charge in [-0.25, -0.2) is 4.98 Å². The molecule has 3 N–H and O–H groups in total. The van der Waals surface area contributed by atoms with Gasteiger partial charge in [-0.3, -0.25) is 4.79 Å². The van der Waals surface area contributed by atoms with Crippen LogP contribution in [0.4, 0.5) is 0 Å². The molecule has 0 aliphatic rings. The van der Waals surface area contributed by atoms with Gasteiger partial charge in [0.15, 0.2) is 0 Å². The number of nitrogens with zero attached hydrogens (tertiary/aromatic N) is 1. The van der Waals surface area contributed by atoms with Crippen LogP contribution in [0.5, 0.6) is 5.75 Å². The summed E-state index contributed by atoms with van der Waals surface area (Å²) in [5.41, 5.74) is 3.59. The van der Waals surface area contributed by atoms with Gasteiger partial charge >= 0.3 is 0 Å². The third-order valence-corrected chi connectivity index (χ3v) is 4.98. The van der Waals surface area contributed by atoms with E-state index in [4.69, 9.17) is 11.6 Å². The standard InChI is InChI=1S/C23H26ClN3O2.Pr/c1-14(26-21(29)17-9-10-20(28)18(24)12-17)11-15-5-7-16(8-6-15)19-13-25-22(27-19)23(2,3)4;/h5-10,12-14,28H,11H2,1-4H3,(H,25,27)(H,26,29);/t14-;/m1./s1. The summed E-state index contributed by atoms with van der Waals surface area (Å²) in [4.78, 5) is 20.2. The fourth-order valence-electron chi connectivity index (χ4n) is 3.03. The van der Waals surface area contributed by atoms with Gasteiger partial charge in [-0.2, -0.15) is 0 Å². The predicted octanol–water partition coefficient (Wildman–Crippen LogP) is 5.09. The molecule has 0 spiro atoms. The van der Waals surface area contributed by atoms with Gasteiger partial charge in [-0.05, 0) is 42.7 Å². The van der Waals surface area contributed by atoms with Crippen molar-refractivity contribution in [2.75, 3.05) is 0 Å². The number of aromatic nitrogens is 2. The number of amides is 1. The second-order valence-corrected chi connectivity index (χ2v) is 8.74. The first-order valence-electron chi connectivity index (χ1n) is 9.57. The first-order chi connectivity index (χ1) is 13.6. The molecular weight excluding hydrogens is 527 g/mol. The average molecular weight is 553 g/mol. The molecule has 0 fully saturated rings. The molecule has 0 saturated heterocycles. The molecule has 2 aromatic carbocycles. The summed E-state index contributed by atoms with van der Waals surface area (Å²) in [6, 6.07) is 12.6. The summed E-state index contributed by atoms with van der Waals surface area (Å²) in [6.45, 7) is 8.33. The quantitative estimate of drug-likeness (QED) is 0.412. The number of aromatic hydroxyl groups is 1. The minimum Gasteiger partial charge on any atom is -0.506 e. The van der Waals surface area contributed by atoms with Crippen LogP contribution < -0.4 is 5.32 Å². The van der Waals surface area contributed by atoms with Crippen LogP contribution in [0.2, 0.25) is 5.02 Å². The summed E-state index contributed by atoms with van der Waals surface area (Å²) in [5.74, 6) is 0.702. The van der Waals surface area contributed by atoms with Crippen molar-refractivity contribution in [3.8, 4) is 17.0 Å². The van der Waals surface area contributed by atoms with E-state index in [2.05, 4.69) is 60.3 Å². The number of benzene rings is 2. The fraction of sp³-hybridized carbons (Fsp3) is 0.304. The van der Waals surface area contributed by atoms with Crippen molar-refractivity contribution < 1.29 is 51.2 Å². The number of hydrogen-bond acceptors (Lipinski definition) is 3. The average Bonchev–Trinajstić information content (AvgIpc) is 3.15. The zero-order chi connectivity index (χ0) is 21.2. The largest absolute Gasteiger partial charge is 0.506 e. The van der Waals surface area contributed by atoms with Gasteiger partial charge in [0, 0.05) is 58.3 Å². The van der Waals surface area contributed by atoms with Gasteiger partial charge in [0.05, 0.1) is 16.9 Å². The molecule has 155 valence electrons. The Labute approximate surface area is 215 Å². The SMILES string of the molecule is C[C@H](Cc1ccc(-c2cnc(C(C)(C)C)[nH]2)cc1)NC(=O)c1ccc(O)c(Cl)c1.[Pr]. The molecule has 1 aromatic heterocycles. The Balaban J connectivity index is 0.00000320. The molecule has 0 saturated carbocycles. The van der Waals surface area contributed by atoms with Gasteiger partial charge in [-0.15, -0.1) is 0 Å². The summed E-state index contributed by atoms with van der Waals surface area (Å²) < 4.78 is 0. The van der Waals surface area contributed by atoms with Crippen LogP contribution in [0.25, 0.3) is 11.3 Å². The Morgan fingerprint density at radius 2 is 1.87 bits per heavy atom. The van der Waals surface area contributed by atoms with Gasteiger partial charge in [0.2, 0.25) is 0 Å². The van der Waals surface area contributed by atoms with Crippen molar-refractivity contribution in [2.45, 2.75) is 45.6 Å². The van der Waals surface area contributed by atoms with Crippen LogP contribution >= 0.6 is 11.6 Å². The zero-order valence-electron chi connectivity index (χ0n) is 17.7. The van der Waals surface area contributed by atoms with Crippen molar-refractivity contribution in [1.29, 1.82) is 0 Å². The molecule has 0 bridgehead atoms. The number of H-pyrrole nitrogens is 1. The van der Waals surface area contributed by atoms with E-state index >= 15 is 0 Å².